The molecule has 1 atom stereocenters. The predicted octanol–water partition coefficient (Wildman–Crippen LogP) is 1.38. The van der Waals surface area contributed by atoms with E-state index in [1.807, 2.05) is 14.0 Å². The highest BCUT2D eigenvalue weighted by Gasteiger charge is 2.39. The molecule has 0 spiro atoms. The quantitative estimate of drug-likeness (QED) is 0.803. The average molecular weight is 237 g/mol. The van der Waals surface area contributed by atoms with Crippen LogP contribution in [0.25, 0.3) is 0 Å². The molecule has 1 heterocycles. The first-order valence-electron chi connectivity index (χ1n) is 6.41. The van der Waals surface area contributed by atoms with Crippen molar-refractivity contribution in [3.63, 3.8) is 0 Å². The van der Waals surface area contributed by atoms with E-state index in [0.29, 0.717) is 6.54 Å². The SMILES string of the molecule is CCC1(C(=O)N(C)CC(C)C#N)CCNCC1. The second kappa shape index (κ2) is 6.02. The van der Waals surface area contributed by atoms with E-state index in [1.165, 1.54) is 0 Å². The van der Waals surface area contributed by atoms with Crippen molar-refractivity contribution in [1.29, 1.82) is 5.26 Å². The van der Waals surface area contributed by atoms with Crippen LogP contribution in [0, 0.1) is 22.7 Å². The molecule has 1 fully saturated rings. The van der Waals surface area contributed by atoms with Crippen LogP contribution in [0.1, 0.15) is 33.1 Å². The van der Waals surface area contributed by atoms with Gasteiger partial charge in [-0.2, -0.15) is 5.26 Å². The fourth-order valence-electron chi connectivity index (χ4n) is 2.56. The Balaban J connectivity index is 2.68. The normalized spacial score (nSPS) is 20.4. The largest absolute Gasteiger partial charge is 0.344 e. The van der Waals surface area contributed by atoms with Gasteiger partial charge in [0.25, 0.3) is 0 Å². The Hall–Kier alpha value is -1.08. The molecule has 1 N–H and O–H groups in total. The summed E-state index contributed by atoms with van der Waals surface area (Å²) < 4.78 is 0. The minimum atomic E-state index is -0.199. The van der Waals surface area contributed by atoms with Gasteiger partial charge in [0.2, 0.25) is 5.91 Å². The van der Waals surface area contributed by atoms with Crippen LogP contribution in [0.3, 0.4) is 0 Å². The molecule has 1 saturated heterocycles. The van der Waals surface area contributed by atoms with E-state index >= 15 is 0 Å². The summed E-state index contributed by atoms with van der Waals surface area (Å²) in [5.74, 6) is 0.114. The minimum Gasteiger partial charge on any atom is -0.344 e. The first-order valence-corrected chi connectivity index (χ1v) is 6.41. The lowest BCUT2D eigenvalue weighted by Gasteiger charge is -2.38. The van der Waals surface area contributed by atoms with Gasteiger partial charge in [0, 0.05) is 13.6 Å². The summed E-state index contributed by atoms with van der Waals surface area (Å²) in [5.41, 5.74) is -0.199. The minimum absolute atomic E-state index is 0.0976. The molecule has 0 bridgehead atoms. The van der Waals surface area contributed by atoms with E-state index in [2.05, 4.69) is 18.3 Å². The summed E-state index contributed by atoms with van der Waals surface area (Å²) in [6, 6.07) is 2.18. The molecule has 17 heavy (non-hydrogen) atoms. The summed E-state index contributed by atoms with van der Waals surface area (Å²) in [6.45, 7) is 6.31. The van der Waals surface area contributed by atoms with E-state index in [4.69, 9.17) is 5.26 Å². The third kappa shape index (κ3) is 3.19. The summed E-state index contributed by atoms with van der Waals surface area (Å²) in [5, 5.41) is 12.1. The van der Waals surface area contributed by atoms with Crippen molar-refractivity contribution < 1.29 is 4.79 Å². The lowest BCUT2D eigenvalue weighted by atomic mass is 9.75. The molecular formula is C13H23N3O. The Bertz CT molecular complexity index is 302. The molecule has 1 amide bonds. The van der Waals surface area contributed by atoms with Gasteiger partial charge in [-0.15, -0.1) is 0 Å². The van der Waals surface area contributed by atoms with Gasteiger partial charge in [-0.1, -0.05) is 6.92 Å². The number of nitrogens with zero attached hydrogens (tertiary/aromatic N) is 2. The van der Waals surface area contributed by atoms with Crippen molar-refractivity contribution >= 4 is 5.91 Å². The van der Waals surface area contributed by atoms with Crippen LogP contribution >= 0.6 is 0 Å². The maximum atomic E-state index is 12.5. The van der Waals surface area contributed by atoms with Gasteiger partial charge < -0.3 is 10.2 Å². The predicted molar refractivity (Wildman–Crippen MR) is 67.2 cm³/mol. The second-order valence-electron chi connectivity index (χ2n) is 5.10. The van der Waals surface area contributed by atoms with Crippen LogP contribution in [0.15, 0.2) is 0 Å². The first kappa shape index (κ1) is 14.0. The molecule has 4 heteroatoms. The molecule has 1 rings (SSSR count). The number of piperidine rings is 1. The third-order valence-corrected chi connectivity index (χ3v) is 3.81. The van der Waals surface area contributed by atoms with Crippen molar-refractivity contribution in [3.8, 4) is 6.07 Å². The Kier molecular flexibility index (Phi) is 4.95. The fraction of sp³-hybridized carbons (Fsp3) is 0.846. The maximum Gasteiger partial charge on any atom is 0.228 e. The zero-order valence-corrected chi connectivity index (χ0v) is 11.1. The van der Waals surface area contributed by atoms with Gasteiger partial charge in [-0.05, 0) is 39.3 Å². The van der Waals surface area contributed by atoms with Gasteiger partial charge in [-0.3, -0.25) is 4.79 Å². The molecule has 1 unspecified atom stereocenters. The molecule has 96 valence electrons. The van der Waals surface area contributed by atoms with Gasteiger partial charge >= 0.3 is 0 Å². The lowest BCUT2D eigenvalue weighted by molar-refractivity contribution is -0.143. The van der Waals surface area contributed by atoms with E-state index < -0.39 is 0 Å². The van der Waals surface area contributed by atoms with Crippen LogP contribution in [-0.4, -0.2) is 37.5 Å². The van der Waals surface area contributed by atoms with Crippen LogP contribution in [0.2, 0.25) is 0 Å². The molecule has 0 saturated carbocycles. The number of amides is 1. The zero-order chi connectivity index (χ0) is 12.9. The number of hydrogen-bond donors (Lipinski definition) is 1. The number of nitriles is 1. The van der Waals surface area contributed by atoms with Crippen LogP contribution in [0.4, 0.5) is 0 Å². The summed E-state index contributed by atoms with van der Waals surface area (Å²) >= 11 is 0. The highest BCUT2D eigenvalue weighted by molar-refractivity contribution is 5.82. The highest BCUT2D eigenvalue weighted by atomic mass is 16.2. The second-order valence-corrected chi connectivity index (χ2v) is 5.10. The van der Waals surface area contributed by atoms with E-state index in [1.54, 1.807) is 4.90 Å². The van der Waals surface area contributed by atoms with Crippen molar-refractivity contribution in [3.05, 3.63) is 0 Å². The summed E-state index contributed by atoms with van der Waals surface area (Å²) in [7, 11) is 1.82. The topological polar surface area (TPSA) is 56.1 Å². The third-order valence-electron chi connectivity index (χ3n) is 3.81. The van der Waals surface area contributed by atoms with Crippen LogP contribution in [-0.2, 0) is 4.79 Å². The van der Waals surface area contributed by atoms with Crippen molar-refractivity contribution in [1.82, 2.24) is 10.2 Å². The number of rotatable bonds is 4. The van der Waals surface area contributed by atoms with Crippen molar-refractivity contribution in [2.24, 2.45) is 11.3 Å². The molecular weight excluding hydrogens is 214 g/mol. The number of carbonyl (C=O) groups is 1. The maximum absolute atomic E-state index is 12.5. The van der Waals surface area contributed by atoms with E-state index in [-0.39, 0.29) is 17.2 Å². The van der Waals surface area contributed by atoms with Crippen molar-refractivity contribution in [2.75, 3.05) is 26.7 Å². The van der Waals surface area contributed by atoms with Crippen LogP contribution in [0.5, 0.6) is 0 Å². The van der Waals surface area contributed by atoms with Crippen LogP contribution < -0.4 is 5.32 Å². The summed E-state index contributed by atoms with van der Waals surface area (Å²) in [4.78, 5) is 14.2. The van der Waals surface area contributed by atoms with Crippen molar-refractivity contribution in [2.45, 2.75) is 33.1 Å². The smallest absolute Gasteiger partial charge is 0.228 e. The Morgan fingerprint density at radius 2 is 2.12 bits per heavy atom. The Labute approximate surface area is 104 Å². The zero-order valence-electron chi connectivity index (χ0n) is 11.1. The lowest BCUT2D eigenvalue weighted by Crippen LogP contribution is -2.48. The molecule has 0 aromatic carbocycles. The van der Waals surface area contributed by atoms with E-state index in [0.717, 1.165) is 32.4 Å². The molecule has 1 aliphatic rings. The molecule has 0 aromatic rings. The highest BCUT2D eigenvalue weighted by Crippen LogP contribution is 2.34. The standard InChI is InChI=1S/C13H23N3O/c1-4-13(5-7-15-8-6-13)12(17)16(3)10-11(2)9-14/h11,15H,4-8,10H2,1-3H3. The number of carbonyl (C=O) groups excluding carboxylic acids is 1. The summed E-state index contributed by atoms with van der Waals surface area (Å²) in [6.07, 6.45) is 2.71. The van der Waals surface area contributed by atoms with Gasteiger partial charge in [-0.25, -0.2) is 0 Å². The number of nitrogens with one attached hydrogen (secondary N) is 1. The molecule has 0 radical (unpaired) electrons. The first-order chi connectivity index (χ1) is 8.05. The Morgan fingerprint density at radius 3 is 2.59 bits per heavy atom. The number of hydrogen-bond acceptors (Lipinski definition) is 3. The Morgan fingerprint density at radius 1 is 1.53 bits per heavy atom. The average Bonchev–Trinajstić information content (AvgIpc) is 2.38. The molecule has 0 aromatic heterocycles. The monoisotopic (exact) mass is 237 g/mol. The van der Waals surface area contributed by atoms with Gasteiger partial charge in [0.05, 0.1) is 17.4 Å². The molecule has 4 nitrogen and oxygen atoms in total. The van der Waals surface area contributed by atoms with E-state index in [9.17, 15) is 4.79 Å². The fourth-order valence-corrected chi connectivity index (χ4v) is 2.56. The van der Waals surface area contributed by atoms with Gasteiger partial charge in [0.15, 0.2) is 0 Å². The molecule has 0 aliphatic carbocycles. The van der Waals surface area contributed by atoms with Gasteiger partial charge in [0.1, 0.15) is 0 Å². The molecule has 1 aliphatic heterocycles.